The summed E-state index contributed by atoms with van der Waals surface area (Å²) in [6.45, 7) is 9.80. The number of hydrogen-bond donors (Lipinski definition) is 0. The third kappa shape index (κ3) is 2.59. The number of carbonyl (C=O) groups is 1. The molecule has 0 radical (unpaired) electrons. The fraction of sp³-hybridized carbons (Fsp3) is 0.900. The molecule has 2 nitrogen and oxygen atoms in total. The molecule has 1 aliphatic heterocycles. The average molecular weight is 169 g/mol. The van der Waals surface area contributed by atoms with Crippen molar-refractivity contribution in [3.05, 3.63) is 0 Å². The Hall–Kier alpha value is -0.370. The summed E-state index contributed by atoms with van der Waals surface area (Å²) in [5.41, 5.74) is 0.461. The van der Waals surface area contributed by atoms with Gasteiger partial charge in [0.05, 0.1) is 0 Å². The molecular formula is C10H19NO. The van der Waals surface area contributed by atoms with Crippen LogP contribution >= 0.6 is 0 Å². The number of aldehydes is 1. The van der Waals surface area contributed by atoms with Gasteiger partial charge in [-0.15, -0.1) is 0 Å². The third-order valence-electron chi connectivity index (χ3n) is 2.53. The van der Waals surface area contributed by atoms with Crippen molar-refractivity contribution in [3.63, 3.8) is 0 Å². The van der Waals surface area contributed by atoms with E-state index < -0.39 is 0 Å². The van der Waals surface area contributed by atoms with E-state index in [4.69, 9.17) is 0 Å². The van der Waals surface area contributed by atoms with Gasteiger partial charge in [0, 0.05) is 19.0 Å². The molecule has 70 valence electrons. The Morgan fingerprint density at radius 2 is 2.25 bits per heavy atom. The lowest BCUT2D eigenvalue weighted by atomic mass is 9.93. The smallest absolute Gasteiger partial charge is 0.124 e. The summed E-state index contributed by atoms with van der Waals surface area (Å²) in [7, 11) is 0. The highest BCUT2D eigenvalue weighted by Gasteiger charge is 2.29. The molecule has 1 atom stereocenters. The molecule has 0 N–H and O–H groups in total. The lowest BCUT2D eigenvalue weighted by Gasteiger charge is -2.20. The molecule has 1 unspecified atom stereocenters. The molecule has 2 heteroatoms. The van der Waals surface area contributed by atoms with Crippen LogP contribution in [0.5, 0.6) is 0 Å². The Balaban J connectivity index is 2.33. The molecule has 12 heavy (non-hydrogen) atoms. The fourth-order valence-corrected chi connectivity index (χ4v) is 1.83. The number of nitrogens with zero attached hydrogens (tertiary/aromatic N) is 1. The van der Waals surface area contributed by atoms with Gasteiger partial charge in [0.1, 0.15) is 6.29 Å². The zero-order chi connectivity index (χ0) is 9.19. The van der Waals surface area contributed by atoms with E-state index in [-0.39, 0.29) is 5.92 Å². The largest absolute Gasteiger partial charge is 0.303 e. The highest BCUT2D eigenvalue weighted by Crippen LogP contribution is 2.28. The average Bonchev–Trinajstić information content (AvgIpc) is 2.30. The van der Waals surface area contributed by atoms with E-state index in [0.717, 1.165) is 25.9 Å². The summed E-state index contributed by atoms with van der Waals surface area (Å²) in [6.07, 6.45) is 2.31. The van der Waals surface area contributed by atoms with Crippen molar-refractivity contribution in [2.24, 2.45) is 11.3 Å². The zero-order valence-corrected chi connectivity index (χ0v) is 8.34. The number of carbonyl (C=O) groups excluding carboxylic acids is 1. The quantitative estimate of drug-likeness (QED) is 0.597. The van der Waals surface area contributed by atoms with Crippen molar-refractivity contribution in [3.8, 4) is 0 Å². The predicted octanol–water partition coefficient (Wildman–Crippen LogP) is 1.55. The number of likely N-dealkylation sites (tertiary alicyclic amines) is 1. The highest BCUT2D eigenvalue weighted by atomic mass is 16.1. The Morgan fingerprint density at radius 3 is 2.67 bits per heavy atom. The molecule has 1 fully saturated rings. The van der Waals surface area contributed by atoms with Gasteiger partial charge in [-0.3, -0.25) is 0 Å². The molecule has 0 amide bonds. The molecule has 1 rings (SSSR count). The van der Waals surface area contributed by atoms with Crippen molar-refractivity contribution in [2.75, 3.05) is 19.6 Å². The van der Waals surface area contributed by atoms with Gasteiger partial charge in [-0.1, -0.05) is 20.8 Å². The van der Waals surface area contributed by atoms with Gasteiger partial charge in [0.25, 0.3) is 0 Å². The predicted molar refractivity (Wildman–Crippen MR) is 50.1 cm³/mol. The van der Waals surface area contributed by atoms with Gasteiger partial charge in [0.2, 0.25) is 0 Å². The van der Waals surface area contributed by atoms with E-state index in [1.165, 1.54) is 6.42 Å². The monoisotopic (exact) mass is 169 g/mol. The Labute approximate surface area is 74.9 Å². The summed E-state index contributed by atoms with van der Waals surface area (Å²) in [4.78, 5) is 12.8. The van der Waals surface area contributed by atoms with E-state index >= 15 is 0 Å². The van der Waals surface area contributed by atoms with E-state index in [2.05, 4.69) is 18.7 Å². The molecule has 0 aliphatic carbocycles. The molecule has 0 bridgehead atoms. The molecule has 0 aromatic heterocycles. The van der Waals surface area contributed by atoms with Crippen LogP contribution in [0.25, 0.3) is 0 Å². The molecule has 1 heterocycles. The number of rotatable bonds is 3. The van der Waals surface area contributed by atoms with Crippen LogP contribution in [-0.4, -0.2) is 30.8 Å². The molecule has 0 spiro atoms. The molecule has 0 aromatic carbocycles. The maximum absolute atomic E-state index is 10.4. The highest BCUT2D eigenvalue weighted by molar-refractivity contribution is 5.53. The number of hydrogen-bond acceptors (Lipinski definition) is 2. The summed E-state index contributed by atoms with van der Waals surface area (Å²) in [5.74, 6) is 0.193. The van der Waals surface area contributed by atoms with Crippen LogP contribution in [0.2, 0.25) is 0 Å². The third-order valence-corrected chi connectivity index (χ3v) is 2.53. The zero-order valence-electron chi connectivity index (χ0n) is 8.34. The Kier molecular flexibility index (Phi) is 2.89. The molecule has 1 aliphatic rings. The molecule has 0 aromatic rings. The van der Waals surface area contributed by atoms with Gasteiger partial charge < -0.3 is 9.69 Å². The minimum absolute atomic E-state index is 0.193. The van der Waals surface area contributed by atoms with Crippen LogP contribution in [0, 0.1) is 11.3 Å². The second-order valence-corrected chi connectivity index (χ2v) is 4.76. The summed E-state index contributed by atoms with van der Waals surface area (Å²) >= 11 is 0. The lowest BCUT2D eigenvalue weighted by Crippen LogP contribution is -2.28. The van der Waals surface area contributed by atoms with Crippen LogP contribution in [0.3, 0.4) is 0 Å². The second kappa shape index (κ2) is 3.56. The van der Waals surface area contributed by atoms with E-state index in [9.17, 15) is 4.79 Å². The second-order valence-electron chi connectivity index (χ2n) is 4.76. The first-order chi connectivity index (χ1) is 5.53. The van der Waals surface area contributed by atoms with Gasteiger partial charge in [-0.25, -0.2) is 0 Å². The summed E-state index contributed by atoms with van der Waals surface area (Å²) < 4.78 is 0. The maximum Gasteiger partial charge on any atom is 0.124 e. The van der Waals surface area contributed by atoms with Crippen LogP contribution in [0.4, 0.5) is 0 Å². The minimum Gasteiger partial charge on any atom is -0.303 e. The van der Waals surface area contributed by atoms with Crippen molar-refractivity contribution in [1.29, 1.82) is 0 Å². The fourth-order valence-electron chi connectivity index (χ4n) is 1.83. The minimum atomic E-state index is 0.193. The van der Waals surface area contributed by atoms with E-state index in [1.54, 1.807) is 0 Å². The topological polar surface area (TPSA) is 20.3 Å². The van der Waals surface area contributed by atoms with Crippen LogP contribution in [0.1, 0.15) is 27.2 Å². The summed E-state index contributed by atoms with van der Waals surface area (Å²) in [6, 6.07) is 0. The molecular weight excluding hydrogens is 150 g/mol. The maximum atomic E-state index is 10.4. The first kappa shape index (κ1) is 9.72. The van der Waals surface area contributed by atoms with Crippen molar-refractivity contribution in [1.82, 2.24) is 4.90 Å². The van der Waals surface area contributed by atoms with E-state index in [1.807, 2.05) is 6.92 Å². The van der Waals surface area contributed by atoms with Gasteiger partial charge in [-0.2, -0.15) is 0 Å². The Bertz CT molecular complexity index is 165. The van der Waals surface area contributed by atoms with Gasteiger partial charge in [-0.05, 0) is 18.4 Å². The van der Waals surface area contributed by atoms with Crippen molar-refractivity contribution < 1.29 is 4.79 Å². The summed E-state index contributed by atoms with van der Waals surface area (Å²) in [5, 5.41) is 0. The standard InChI is InChI=1S/C10H19NO/c1-9(7-12)6-11-5-4-10(2,3)8-11/h7,9H,4-6,8H2,1-3H3. The first-order valence-corrected chi connectivity index (χ1v) is 4.71. The van der Waals surface area contributed by atoms with Crippen LogP contribution < -0.4 is 0 Å². The SMILES string of the molecule is CC(C=O)CN1CCC(C)(C)C1. The van der Waals surface area contributed by atoms with Gasteiger partial charge >= 0.3 is 0 Å². The van der Waals surface area contributed by atoms with Crippen molar-refractivity contribution in [2.45, 2.75) is 27.2 Å². The lowest BCUT2D eigenvalue weighted by molar-refractivity contribution is -0.111. The van der Waals surface area contributed by atoms with Crippen LogP contribution in [-0.2, 0) is 4.79 Å². The molecule has 1 saturated heterocycles. The Morgan fingerprint density at radius 1 is 1.58 bits per heavy atom. The van der Waals surface area contributed by atoms with Crippen molar-refractivity contribution >= 4 is 6.29 Å². The normalized spacial score (nSPS) is 25.6. The molecule has 0 saturated carbocycles. The first-order valence-electron chi connectivity index (χ1n) is 4.71. The van der Waals surface area contributed by atoms with Gasteiger partial charge in [0.15, 0.2) is 0 Å². The van der Waals surface area contributed by atoms with Crippen LogP contribution in [0.15, 0.2) is 0 Å². The van der Waals surface area contributed by atoms with E-state index in [0.29, 0.717) is 5.41 Å².